The van der Waals surface area contributed by atoms with Gasteiger partial charge >= 0.3 is 0 Å². The van der Waals surface area contributed by atoms with E-state index in [0.717, 1.165) is 28.7 Å². The molecule has 3 rings (SSSR count). The van der Waals surface area contributed by atoms with Crippen LogP contribution >= 0.6 is 23.1 Å². The van der Waals surface area contributed by atoms with Gasteiger partial charge in [-0.1, -0.05) is 38.6 Å². The molecule has 0 radical (unpaired) electrons. The smallest absolute Gasteiger partial charge is 0.233 e. The van der Waals surface area contributed by atoms with E-state index in [0.29, 0.717) is 17.9 Å². The van der Waals surface area contributed by atoms with E-state index in [9.17, 15) is 4.79 Å². The Morgan fingerprint density at radius 1 is 1.50 bits per heavy atom. The zero-order chi connectivity index (χ0) is 20.5. The van der Waals surface area contributed by atoms with E-state index in [1.165, 1.54) is 28.6 Å². The van der Waals surface area contributed by atoms with Crippen LogP contribution in [0.2, 0.25) is 0 Å². The Kier molecular flexibility index (Phi) is 6.34. The van der Waals surface area contributed by atoms with Gasteiger partial charge in [-0.25, -0.2) is 0 Å². The van der Waals surface area contributed by atoms with Gasteiger partial charge in [0.2, 0.25) is 5.91 Å². The Hall–Kier alpha value is -1.60. The average Bonchev–Trinajstić information content (AvgIpc) is 3.24. The number of carbonyl (C=O) groups is 1. The number of aryl methyl sites for hydroxylation is 1. The summed E-state index contributed by atoms with van der Waals surface area (Å²) < 4.78 is 2.07. The quantitative estimate of drug-likeness (QED) is 0.551. The highest BCUT2D eigenvalue weighted by molar-refractivity contribution is 8.00. The van der Waals surface area contributed by atoms with Crippen LogP contribution in [0.3, 0.4) is 0 Å². The van der Waals surface area contributed by atoms with Crippen molar-refractivity contribution < 1.29 is 4.79 Å². The molecule has 2 aromatic heterocycles. The number of carbonyl (C=O) groups excluding carboxylic acids is 1. The van der Waals surface area contributed by atoms with Crippen molar-refractivity contribution in [1.82, 2.24) is 20.1 Å². The van der Waals surface area contributed by atoms with Gasteiger partial charge < -0.3 is 5.32 Å². The summed E-state index contributed by atoms with van der Waals surface area (Å²) in [6.45, 7) is 13.4. The first-order chi connectivity index (χ1) is 13.2. The summed E-state index contributed by atoms with van der Waals surface area (Å²) in [5, 5.41) is 12.1. The third kappa shape index (κ3) is 4.35. The van der Waals surface area contributed by atoms with Gasteiger partial charge in [-0.15, -0.1) is 28.1 Å². The number of thiophene rings is 1. The number of aromatic nitrogens is 3. The summed E-state index contributed by atoms with van der Waals surface area (Å²) in [7, 11) is 1.65. The monoisotopic (exact) mass is 418 g/mol. The molecule has 0 fully saturated rings. The molecule has 7 heteroatoms. The Labute approximate surface area is 176 Å². The molecule has 5 nitrogen and oxygen atoms in total. The predicted molar refractivity (Wildman–Crippen MR) is 118 cm³/mol. The molecule has 2 heterocycles. The number of rotatable bonds is 6. The van der Waals surface area contributed by atoms with Crippen LogP contribution in [-0.2, 0) is 24.2 Å². The van der Waals surface area contributed by atoms with Crippen molar-refractivity contribution in [2.45, 2.75) is 63.9 Å². The first-order valence-electron chi connectivity index (χ1n) is 9.79. The summed E-state index contributed by atoms with van der Waals surface area (Å²) in [6.07, 6.45) is 5.39. The van der Waals surface area contributed by atoms with Crippen molar-refractivity contribution in [2.24, 2.45) is 11.3 Å². The first kappa shape index (κ1) is 21.1. The van der Waals surface area contributed by atoms with E-state index in [2.05, 4.69) is 53.5 Å². The van der Waals surface area contributed by atoms with Crippen LogP contribution in [-0.4, -0.2) is 33.0 Å². The maximum Gasteiger partial charge on any atom is 0.233 e. The minimum Gasteiger partial charge on any atom is -0.358 e. The fourth-order valence-corrected chi connectivity index (χ4v) is 5.76. The maximum absolute atomic E-state index is 11.9. The molecule has 2 unspecified atom stereocenters. The third-order valence-electron chi connectivity index (χ3n) is 5.45. The lowest BCUT2D eigenvalue weighted by atomic mass is 9.72. The van der Waals surface area contributed by atoms with Gasteiger partial charge in [0.25, 0.3) is 0 Å². The summed E-state index contributed by atoms with van der Waals surface area (Å²) in [6, 6.07) is 2.30. The normalized spacial score (nSPS) is 17.8. The molecule has 2 atom stereocenters. The van der Waals surface area contributed by atoms with E-state index < -0.39 is 0 Å². The number of allylic oxidation sites excluding steroid dienone is 1. The lowest BCUT2D eigenvalue weighted by molar-refractivity contribution is -0.119. The molecule has 1 amide bonds. The number of amides is 1. The van der Waals surface area contributed by atoms with E-state index in [1.807, 2.05) is 24.3 Å². The Bertz CT molecular complexity index is 862. The van der Waals surface area contributed by atoms with E-state index in [1.54, 1.807) is 7.05 Å². The molecule has 28 heavy (non-hydrogen) atoms. The largest absolute Gasteiger partial charge is 0.358 e. The summed E-state index contributed by atoms with van der Waals surface area (Å²) in [5.41, 5.74) is 1.80. The molecule has 1 N–H and O–H groups in total. The van der Waals surface area contributed by atoms with Crippen molar-refractivity contribution in [2.75, 3.05) is 7.05 Å². The number of fused-ring (bicyclic) bond motifs is 1. The number of hydrogen-bond acceptors (Lipinski definition) is 5. The molecular weight excluding hydrogens is 388 g/mol. The van der Waals surface area contributed by atoms with Crippen LogP contribution in [0.25, 0.3) is 10.7 Å². The molecule has 0 saturated heterocycles. The van der Waals surface area contributed by atoms with Crippen molar-refractivity contribution in [3.8, 4) is 10.7 Å². The van der Waals surface area contributed by atoms with Gasteiger partial charge in [0.1, 0.15) is 0 Å². The standard InChI is InChI=1S/C21H30N4OS2/c1-7-10-25-18(23-24-20(25)27-13(2)19(26)22-6)17-12-14-11-15(21(3,4)5)8-9-16(14)28-17/h7,12-13,15H,1,8-11H2,2-6H3,(H,22,26). The van der Waals surface area contributed by atoms with Gasteiger partial charge in [0, 0.05) is 18.5 Å². The Morgan fingerprint density at radius 2 is 2.25 bits per heavy atom. The van der Waals surface area contributed by atoms with Crippen molar-refractivity contribution >= 4 is 29.0 Å². The molecule has 1 aliphatic rings. The molecule has 0 spiro atoms. The van der Waals surface area contributed by atoms with Gasteiger partial charge in [-0.05, 0) is 49.1 Å². The highest BCUT2D eigenvalue weighted by Crippen LogP contribution is 2.42. The van der Waals surface area contributed by atoms with E-state index in [-0.39, 0.29) is 11.2 Å². The Morgan fingerprint density at radius 3 is 2.89 bits per heavy atom. The molecule has 0 aliphatic heterocycles. The second-order valence-electron chi connectivity index (χ2n) is 8.44. The van der Waals surface area contributed by atoms with Crippen molar-refractivity contribution in [3.63, 3.8) is 0 Å². The molecule has 1 aliphatic carbocycles. The highest BCUT2D eigenvalue weighted by Gasteiger charge is 2.30. The van der Waals surface area contributed by atoms with Gasteiger partial charge in [-0.3, -0.25) is 9.36 Å². The lowest BCUT2D eigenvalue weighted by Crippen LogP contribution is -2.27. The predicted octanol–water partition coefficient (Wildman–Crippen LogP) is 4.57. The number of nitrogens with zero attached hydrogens (tertiary/aromatic N) is 3. The third-order valence-corrected chi connectivity index (χ3v) is 7.77. The minimum atomic E-state index is -0.227. The van der Waals surface area contributed by atoms with Crippen molar-refractivity contribution in [3.05, 3.63) is 29.2 Å². The summed E-state index contributed by atoms with van der Waals surface area (Å²) in [5.74, 6) is 1.57. The van der Waals surface area contributed by atoms with Gasteiger partial charge in [0.15, 0.2) is 11.0 Å². The molecule has 152 valence electrons. The van der Waals surface area contributed by atoms with Gasteiger partial charge in [0.05, 0.1) is 10.1 Å². The lowest BCUT2D eigenvalue weighted by Gasteiger charge is -2.33. The fraction of sp³-hybridized carbons (Fsp3) is 0.571. The van der Waals surface area contributed by atoms with Crippen LogP contribution < -0.4 is 5.32 Å². The van der Waals surface area contributed by atoms with Crippen LogP contribution in [0, 0.1) is 11.3 Å². The van der Waals surface area contributed by atoms with Crippen LogP contribution in [0.4, 0.5) is 0 Å². The van der Waals surface area contributed by atoms with Gasteiger partial charge in [-0.2, -0.15) is 0 Å². The summed E-state index contributed by atoms with van der Waals surface area (Å²) in [4.78, 5) is 14.5. The molecule has 2 aromatic rings. The second kappa shape index (κ2) is 8.41. The SMILES string of the molecule is C=CCn1c(SC(C)C(=O)NC)nnc1-c1cc2c(s1)CCC(C(C)(C)C)C2. The fourth-order valence-electron chi connectivity index (χ4n) is 3.64. The van der Waals surface area contributed by atoms with Crippen LogP contribution in [0.1, 0.15) is 44.6 Å². The molecular formula is C21H30N4OS2. The second-order valence-corrected chi connectivity index (χ2v) is 10.9. The number of thioether (sulfide) groups is 1. The average molecular weight is 419 g/mol. The zero-order valence-electron chi connectivity index (χ0n) is 17.4. The zero-order valence-corrected chi connectivity index (χ0v) is 19.0. The van der Waals surface area contributed by atoms with E-state index in [4.69, 9.17) is 0 Å². The first-order valence-corrected chi connectivity index (χ1v) is 11.5. The Balaban J connectivity index is 1.89. The topological polar surface area (TPSA) is 59.8 Å². The van der Waals surface area contributed by atoms with E-state index >= 15 is 0 Å². The minimum absolute atomic E-state index is 0.0143. The number of nitrogens with one attached hydrogen (secondary N) is 1. The molecule has 0 bridgehead atoms. The number of hydrogen-bond donors (Lipinski definition) is 1. The molecule has 0 aromatic carbocycles. The van der Waals surface area contributed by atoms with Crippen LogP contribution in [0.5, 0.6) is 0 Å². The van der Waals surface area contributed by atoms with Crippen LogP contribution in [0.15, 0.2) is 23.9 Å². The summed E-state index contributed by atoms with van der Waals surface area (Å²) >= 11 is 3.27. The molecule has 0 saturated carbocycles. The highest BCUT2D eigenvalue weighted by atomic mass is 32.2. The maximum atomic E-state index is 11.9. The van der Waals surface area contributed by atoms with Crippen molar-refractivity contribution in [1.29, 1.82) is 0 Å².